The topological polar surface area (TPSA) is 81.3 Å². The smallest absolute Gasteiger partial charge is 0.263 e. The van der Waals surface area contributed by atoms with Gasteiger partial charge in [-0.25, -0.2) is 4.39 Å². The number of hydrogen-bond acceptors (Lipinski definition) is 5. The highest BCUT2D eigenvalue weighted by Crippen LogP contribution is 2.23. The van der Waals surface area contributed by atoms with E-state index in [4.69, 9.17) is 0 Å². The summed E-state index contributed by atoms with van der Waals surface area (Å²) in [6, 6.07) is 19.0. The molecular formula is C26H22FN5O2S. The molecule has 0 unspecified atom stereocenters. The number of thioether (sulfide) groups is 1. The number of anilines is 1. The fourth-order valence-corrected chi connectivity index (χ4v) is 4.63. The Hall–Kier alpha value is -3.98. The fraction of sp³-hybridized carbons (Fsp3) is 0.154. The van der Waals surface area contributed by atoms with E-state index in [0.717, 1.165) is 22.4 Å². The van der Waals surface area contributed by atoms with Gasteiger partial charge in [0.1, 0.15) is 5.82 Å². The maximum atomic E-state index is 13.4. The van der Waals surface area contributed by atoms with Crippen LogP contribution >= 0.6 is 11.8 Å². The molecule has 0 atom stereocenters. The summed E-state index contributed by atoms with van der Waals surface area (Å²) < 4.78 is 16.7. The van der Waals surface area contributed by atoms with E-state index < -0.39 is 0 Å². The van der Waals surface area contributed by atoms with Gasteiger partial charge in [0.05, 0.1) is 23.2 Å². The van der Waals surface area contributed by atoms with Gasteiger partial charge in [-0.05, 0) is 66.9 Å². The summed E-state index contributed by atoms with van der Waals surface area (Å²) in [6.07, 6.45) is 0. The summed E-state index contributed by atoms with van der Waals surface area (Å²) in [5.74, 6) is -0.0295. The van der Waals surface area contributed by atoms with Crippen LogP contribution in [0.15, 0.2) is 76.7 Å². The molecule has 0 spiro atoms. The third-order valence-electron chi connectivity index (χ3n) is 5.86. The predicted octanol–water partition coefficient (Wildman–Crippen LogP) is 4.58. The van der Waals surface area contributed by atoms with Crippen molar-refractivity contribution in [1.82, 2.24) is 19.2 Å². The molecule has 1 amide bonds. The van der Waals surface area contributed by atoms with Crippen molar-refractivity contribution < 1.29 is 9.18 Å². The van der Waals surface area contributed by atoms with Crippen LogP contribution in [-0.2, 0) is 11.3 Å². The molecule has 0 aliphatic rings. The highest BCUT2D eigenvalue weighted by Gasteiger charge is 2.18. The molecule has 3 aromatic carbocycles. The van der Waals surface area contributed by atoms with Crippen molar-refractivity contribution >= 4 is 40.0 Å². The lowest BCUT2D eigenvalue weighted by atomic mass is 10.1. The van der Waals surface area contributed by atoms with Gasteiger partial charge in [-0.1, -0.05) is 42.1 Å². The van der Waals surface area contributed by atoms with E-state index in [0.29, 0.717) is 21.8 Å². The third-order valence-corrected chi connectivity index (χ3v) is 6.78. The first-order chi connectivity index (χ1) is 16.9. The lowest BCUT2D eigenvalue weighted by Gasteiger charge is -2.11. The van der Waals surface area contributed by atoms with Crippen molar-refractivity contribution in [3.63, 3.8) is 0 Å². The summed E-state index contributed by atoms with van der Waals surface area (Å²) in [5.41, 5.74) is 4.20. The minimum absolute atomic E-state index is 0.124. The van der Waals surface area contributed by atoms with Crippen LogP contribution in [0.4, 0.5) is 10.1 Å². The largest absolute Gasteiger partial charge is 0.325 e. The summed E-state index contributed by atoms with van der Waals surface area (Å²) in [5, 5.41) is 12.5. The molecule has 5 aromatic rings. The van der Waals surface area contributed by atoms with Gasteiger partial charge in [-0.3, -0.25) is 18.6 Å². The van der Waals surface area contributed by atoms with E-state index in [1.807, 2.05) is 44.2 Å². The Kier molecular flexibility index (Phi) is 6.08. The average molecular weight is 488 g/mol. The molecule has 176 valence electrons. The first-order valence-electron chi connectivity index (χ1n) is 11.0. The number of carbonyl (C=O) groups is 1. The van der Waals surface area contributed by atoms with Gasteiger partial charge in [-0.15, -0.1) is 10.2 Å². The van der Waals surface area contributed by atoms with Crippen molar-refractivity contribution in [2.24, 2.45) is 0 Å². The molecule has 0 saturated carbocycles. The lowest BCUT2D eigenvalue weighted by Crippen LogP contribution is -2.24. The average Bonchev–Trinajstić information content (AvgIpc) is 3.28. The zero-order valence-corrected chi connectivity index (χ0v) is 20.0. The number of aromatic nitrogens is 4. The van der Waals surface area contributed by atoms with E-state index in [1.165, 1.54) is 28.5 Å². The van der Waals surface area contributed by atoms with E-state index in [9.17, 15) is 14.0 Å². The molecule has 0 aliphatic heterocycles. The first-order valence-corrected chi connectivity index (χ1v) is 12.0. The number of aryl methyl sites for hydroxylation is 2. The number of nitrogens with zero attached hydrogens (tertiary/aromatic N) is 4. The van der Waals surface area contributed by atoms with Crippen molar-refractivity contribution in [2.75, 3.05) is 11.1 Å². The van der Waals surface area contributed by atoms with Gasteiger partial charge in [0.15, 0.2) is 5.16 Å². The molecular weight excluding hydrogens is 465 g/mol. The highest BCUT2D eigenvalue weighted by molar-refractivity contribution is 7.99. The standard InChI is InChI=1S/C26H22FN5O2S/c1-16-7-12-20(13-17(16)2)28-23(33)15-35-26-30-29-25-31(14-18-8-10-19(27)11-9-18)24(34)21-5-3-4-6-22(21)32(25)26/h3-13H,14-15H2,1-2H3,(H,28,33). The van der Waals surface area contributed by atoms with Crippen LogP contribution in [0.25, 0.3) is 16.7 Å². The summed E-state index contributed by atoms with van der Waals surface area (Å²) in [4.78, 5) is 25.9. The number of para-hydroxylation sites is 1. The molecule has 2 aromatic heterocycles. The zero-order chi connectivity index (χ0) is 24.5. The number of amides is 1. The van der Waals surface area contributed by atoms with Crippen LogP contribution < -0.4 is 10.9 Å². The predicted molar refractivity (Wildman–Crippen MR) is 136 cm³/mol. The molecule has 0 bridgehead atoms. The second kappa shape index (κ2) is 9.34. The van der Waals surface area contributed by atoms with Crippen LogP contribution in [0.1, 0.15) is 16.7 Å². The zero-order valence-electron chi connectivity index (χ0n) is 19.2. The highest BCUT2D eigenvalue weighted by atomic mass is 32.2. The first kappa shape index (κ1) is 22.8. The van der Waals surface area contributed by atoms with Crippen molar-refractivity contribution in [2.45, 2.75) is 25.5 Å². The molecule has 35 heavy (non-hydrogen) atoms. The van der Waals surface area contributed by atoms with Gasteiger partial charge >= 0.3 is 0 Å². The number of hydrogen-bond donors (Lipinski definition) is 1. The van der Waals surface area contributed by atoms with Gasteiger partial charge in [0.2, 0.25) is 11.7 Å². The fourth-order valence-electron chi connectivity index (χ4n) is 3.89. The summed E-state index contributed by atoms with van der Waals surface area (Å²) in [7, 11) is 0. The Labute approximate surface area is 204 Å². The van der Waals surface area contributed by atoms with E-state index >= 15 is 0 Å². The van der Waals surface area contributed by atoms with E-state index in [1.54, 1.807) is 28.7 Å². The maximum Gasteiger partial charge on any atom is 0.263 e. The minimum atomic E-state index is -0.343. The van der Waals surface area contributed by atoms with Crippen molar-refractivity contribution in [3.8, 4) is 0 Å². The summed E-state index contributed by atoms with van der Waals surface area (Å²) in [6.45, 7) is 4.23. The number of fused-ring (bicyclic) bond motifs is 3. The Morgan fingerprint density at radius 2 is 1.77 bits per heavy atom. The molecule has 2 heterocycles. The van der Waals surface area contributed by atoms with Crippen molar-refractivity contribution in [1.29, 1.82) is 0 Å². The molecule has 0 saturated heterocycles. The number of carbonyl (C=O) groups excluding carboxylic acids is 1. The molecule has 7 nitrogen and oxygen atoms in total. The molecule has 5 rings (SSSR count). The Bertz CT molecular complexity index is 1630. The molecule has 1 N–H and O–H groups in total. The third kappa shape index (κ3) is 4.54. The molecule has 0 radical (unpaired) electrons. The maximum absolute atomic E-state index is 13.4. The van der Waals surface area contributed by atoms with Crippen LogP contribution in [0.5, 0.6) is 0 Å². The van der Waals surface area contributed by atoms with Crippen LogP contribution in [0, 0.1) is 19.7 Å². The number of benzene rings is 3. The Morgan fingerprint density at radius 1 is 1.00 bits per heavy atom. The lowest BCUT2D eigenvalue weighted by molar-refractivity contribution is -0.113. The van der Waals surface area contributed by atoms with Crippen LogP contribution in [0.2, 0.25) is 0 Å². The number of nitrogens with one attached hydrogen (secondary N) is 1. The molecule has 0 fully saturated rings. The van der Waals surface area contributed by atoms with E-state index in [-0.39, 0.29) is 29.6 Å². The summed E-state index contributed by atoms with van der Waals surface area (Å²) >= 11 is 1.24. The monoisotopic (exact) mass is 487 g/mol. The molecule has 9 heteroatoms. The van der Waals surface area contributed by atoms with Gasteiger partial charge in [0, 0.05) is 5.69 Å². The van der Waals surface area contributed by atoms with E-state index in [2.05, 4.69) is 15.5 Å². The normalized spacial score (nSPS) is 11.3. The number of halogens is 1. The van der Waals surface area contributed by atoms with Crippen molar-refractivity contribution in [3.05, 3.63) is 99.6 Å². The second-order valence-electron chi connectivity index (χ2n) is 8.29. The quantitative estimate of drug-likeness (QED) is 0.355. The minimum Gasteiger partial charge on any atom is -0.325 e. The Morgan fingerprint density at radius 3 is 2.54 bits per heavy atom. The second-order valence-corrected chi connectivity index (χ2v) is 9.23. The van der Waals surface area contributed by atoms with Gasteiger partial charge < -0.3 is 5.32 Å². The van der Waals surface area contributed by atoms with Crippen LogP contribution in [0.3, 0.4) is 0 Å². The number of rotatable bonds is 6. The van der Waals surface area contributed by atoms with Gasteiger partial charge in [0.25, 0.3) is 5.56 Å². The molecule has 0 aliphatic carbocycles. The van der Waals surface area contributed by atoms with Gasteiger partial charge in [-0.2, -0.15) is 0 Å². The SMILES string of the molecule is Cc1ccc(NC(=O)CSc2nnc3n(Cc4ccc(F)cc4)c(=O)c4ccccc4n23)cc1C. The van der Waals surface area contributed by atoms with Crippen LogP contribution in [-0.4, -0.2) is 30.8 Å². The Balaban J connectivity index is 1.48.